The summed E-state index contributed by atoms with van der Waals surface area (Å²) in [5.41, 5.74) is 5.59. The number of hydrogen-bond acceptors (Lipinski definition) is 5. The SMILES string of the molecule is CCN(CC)c1nsnc1N. The van der Waals surface area contributed by atoms with Gasteiger partial charge in [0.25, 0.3) is 0 Å². The molecule has 0 saturated heterocycles. The minimum absolute atomic E-state index is 0.540. The van der Waals surface area contributed by atoms with E-state index in [1.165, 1.54) is 0 Å². The zero-order valence-corrected chi connectivity index (χ0v) is 7.56. The van der Waals surface area contributed by atoms with Crippen LogP contribution in [0.1, 0.15) is 13.8 Å². The van der Waals surface area contributed by atoms with Crippen molar-refractivity contribution in [2.75, 3.05) is 23.7 Å². The van der Waals surface area contributed by atoms with E-state index in [0.717, 1.165) is 30.6 Å². The summed E-state index contributed by atoms with van der Waals surface area (Å²) in [4.78, 5) is 2.08. The lowest BCUT2D eigenvalue weighted by atomic mass is 10.5. The van der Waals surface area contributed by atoms with Crippen molar-refractivity contribution in [3.8, 4) is 0 Å². The van der Waals surface area contributed by atoms with Gasteiger partial charge in [0.2, 0.25) is 0 Å². The summed E-state index contributed by atoms with van der Waals surface area (Å²) < 4.78 is 7.99. The summed E-state index contributed by atoms with van der Waals surface area (Å²) in [5, 5.41) is 0. The Morgan fingerprint density at radius 2 is 2.00 bits per heavy atom. The van der Waals surface area contributed by atoms with Gasteiger partial charge >= 0.3 is 0 Å². The van der Waals surface area contributed by atoms with Crippen LogP contribution in [0.3, 0.4) is 0 Å². The monoisotopic (exact) mass is 172 g/mol. The molecule has 0 aliphatic carbocycles. The van der Waals surface area contributed by atoms with Gasteiger partial charge in [-0.2, -0.15) is 8.75 Å². The number of nitrogen functional groups attached to an aromatic ring is 1. The first-order chi connectivity index (χ1) is 5.29. The molecule has 1 rings (SSSR count). The van der Waals surface area contributed by atoms with E-state index in [1.54, 1.807) is 0 Å². The lowest BCUT2D eigenvalue weighted by Gasteiger charge is -2.17. The van der Waals surface area contributed by atoms with Crippen molar-refractivity contribution in [2.45, 2.75) is 13.8 Å². The third kappa shape index (κ3) is 1.59. The van der Waals surface area contributed by atoms with Gasteiger partial charge in [-0.05, 0) is 13.8 Å². The first-order valence-electron chi connectivity index (χ1n) is 3.62. The van der Waals surface area contributed by atoms with E-state index in [4.69, 9.17) is 5.73 Å². The fraction of sp³-hybridized carbons (Fsp3) is 0.667. The second-order valence-corrected chi connectivity index (χ2v) is 2.67. The van der Waals surface area contributed by atoms with Crippen LogP contribution >= 0.6 is 11.7 Å². The quantitative estimate of drug-likeness (QED) is 0.738. The fourth-order valence-corrected chi connectivity index (χ4v) is 1.43. The van der Waals surface area contributed by atoms with Crippen molar-refractivity contribution < 1.29 is 0 Å². The summed E-state index contributed by atoms with van der Waals surface area (Å²) in [7, 11) is 0. The van der Waals surface area contributed by atoms with Crippen LogP contribution in [0, 0.1) is 0 Å². The Kier molecular flexibility index (Phi) is 2.64. The number of anilines is 2. The number of aromatic nitrogens is 2. The Morgan fingerprint density at radius 3 is 2.36 bits per heavy atom. The van der Waals surface area contributed by atoms with Gasteiger partial charge in [-0.25, -0.2) is 0 Å². The van der Waals surface area contributed by atoms with Gasteiger partial charge in [-0.1, -0.05) is 0 Å². The first kappa shape index (κ1) is 8.26. The van der Waals surface area contributed by atoms with Crippen molar-refractivity contribution in [2.24, 2.45) is 0 Å². The molecule has 1 aromatic heterocycles. The van der Waals surface area contributed by atoms with E-state index in [0.29, 0.717) is 5.82 Å². The molecule has 5 heteroatoms. The molecular formula is C6H12N4S. The Balaban J connectivity index is 2.81. The molecule has 0 aliphatic rings. The van der Waals surface area contributed by atoms with Crippen LogP contribution in [0.5, 0.6) is 0 Å². The van der Waals surface area contributed by atoms with Gasteiger partial charge < -0.3 is 10.6 Å². The van der Waals surface area contributed by atoms with Gasteiger partial charge in [0.05, 0.1) is 11.7 Å². The second-order valence-electron chi connectivity index (χ2n) is 2.15. The molecule has 1 heterocycles. The molecule has 0 amide bonds. The number of nitrogens with zero attached hydrogens (tertiary/aromatic N) is 3. The predicted molar refractivity (Wildman–Crippen MR) is 47.9 cm³/mol. The Labute approximate surface area is 70.4 Å². The highest BCUT2D eigenvalue weighted by Crippen LogP contribution is 2.18. The summed E-state index contributed by atoms with van der Waals surface area (Å²) in [6.45, 7) is 5.99. The van der Waals surface area contributed by atoms with Gasteiger partial charge in [0.1, 0.15) is 0 Å². The maximum absolute atomic E-state index is 5.59. The topological polar surface area (TPSA) is 55.0 Å². The van der Waals surface area contributed by atoms with Crippen LogP contribution in [-0.4, -0.2) is 21.8 Å². The third-order valence-electron chi connectivity index (χ3n) is 1.56. The Hall–Kier alpha value is -0.840. The number of rotatable bonds is 3. The summed E-state index contributed by atoms with van der Waals surface area (Å²) in [6.07, 6.45) is 0. The maximum atomic E-state index is 5.59. The molecule has 1 aromatic rings. The van der Waals surface area contributed by atoms with Crippen molar-refractivity contribution in [3.05, 3.63) is 0 Å². The minimum atomic E-state index is 0.540. The zero-order valence-electron chi connectivity index (χ0n) is 6.74. The van der Waals surface area contributed by atoms with Gasteiger partial charge in [0.15, 0.2) is 11.6 Å². The van der Waals surface area contributed by atoms with Crippen LogP contribution in [0.4, 0.5) is 11.6 Å². The number of hydrogen-bond donors (Lipinski definition) is 1. The molecule has 4 nitrogen and oxygen atoms in total. The average molecular weight is 172 g/mol. The molecule has 0 fully saturated rings. The lowest BCUT2D eigenvalue weighted by molar-refractivity contribution is 0.855. The molecule has 2 N–H and O–H groups in total. The third-order valence-corrected chi connectivity index (χ3v) is 2.09. The molecule has 11 heavy (non-hydrogen) atoms. The van der Waals surface area contributed by atoms with Crippen LogP contribution in [0.25, 0.3) is 0 Å². The van der Waals surface area contributed by atoms with Crippen molar-refractivity contribution in [1.29, 1.82) is 0 Å². The number of nitrogens with two attached hydrogens (primary N) is 1. The first-order valence-corrected chi connectivity index (χ1v) is 4.35. The maximum Gasteiger partial charge on any atom is 0.186 e. The molecular weight excluding hydrogens is 160 g/mol. The summed E-state index contributed by atoms with van der Waals surface area (Å²) >= 11 is 1.16. The fourth-order valence-electron chi connectivity index (χ4n) is 0.934. The van der Waals surface area contributed by atoms with Crippen LogP contribution < -0.4 is 10.6 Å². The van der Waals surface area contributed by atoms with E-state index in [2.05, 4.69) is 27.5 Å². The van der Waals surface area contributed by atoms with E-state index >= 15 is 0 Å². The predicted octanol–water partition coefficient (Wildman–Crippen LogP) is 0.966. The molecule has 0 spiro atoms. The van der Waals surface area contributed by atoms with Crippen molar-refractivity contribution in [1.82, 2.24) is 8.75 Å². The van der Waals surface area contributed by atoms with Gasteiger partial charge in [-0.15, -0.1) is 0 Å². The molecule has 0 saturated carbocycles. The van der Waals surface area contributed by atoms with E-state index in [-0.39, 0.29) is 0 Å². The largest absolute Gasteiger partial charge is 0.380 e. The van der Waals surface area contributed by atoms with Crippen LogP contribution in [0.2, 0.25) is 0 Å². The average Bonchev–Trinajstić information content (AvgIpc) is 2.40. The standard InChI is InChI=1S/C6H12N4S/c1-3-10(4-2)6-5(7)8-11-9-6/h3-4H2,1-2H3,(H2,7,8). The zero-order chi connectivity index (χ0) is 8.27. The summed E-state index contributed by atoms with van der Waals surface area (Å²) in [5.74, 6) is 1.36. The highest BCUT2D eigenvalue weighted by Gasteiger charge is 2.09. The highest BCUT2D eigenvalue weighted by molar-refractivity contribution is 6.99. The molecule has 0 aliphatic heterocycles. The lowest BCUT2D eigenvalue weighted by Crippen LogP contribution is -2.23. The minimum Gasteiger partial charge on any atom is -0.380 e. The highest BCUT2D eigenvalue weighted by atomic mass is 32.1. The van der Waals surface area contributed by atoms with Crippen molar-refractivity contribution in [3.63, 3.8) is 0 Å². The van der Waals surface area contributed by atoms with Crippen molar-refractivity contribution >= 4 is 23.4 Å². The van der Waals surface area contributed by atoms with Crippen LogP contribution in [0.15, 0.2) is 0 Å². The molecule has 0 unspecified atom stereocenters. The molecule has 0 bridgehead atoms. The second kappa shape index (κ2) is 3.52. The summed E-state index contributed by atoms with van der Waals surface area (Å²) in [6, 6.07) is 0. The van der Waals surface area contributed by atoms with E-state index in [9.17, 15) is 0 Å². The van der Waals surface area contributed by atoms with Crippen LogP contribution in [-0.2, 0) is 0 Å². The Bertz CT molecular complexity index is 218. The normalized spacial score (nSPS) is 10.0. The smallest absolute Gasteiger partial charge is 0.186 e. The van der Waals surface area contributed by atoms with Gasteiger partial charge in [-0.3, -0.25) is 0 Å². The van der Waals surface area contributed by atoms with E-state index < -0.39 is 0 Å². The molecule has 0 radical (unpaired) electrons. The van der Waals surface area contributed by atoms with Gasteiger partial charge in [0, 0.05) is 13.1 Å². The molecule has 0 atom stereocenters. The van der Waals surface area contributed by atoms with E-state index in [1.807, 2.05) is 0 Å². The Morgan fingerprint density at radius 1 is 1.36 bits per heavy atom. The molecule has 0 aromatic carbocycles. The molecule has 62 valence electrons.